The van der Waals surface area contributed by atoms with Crippen LogP contribution in [0.25, 0.3) is 111 Å². The van der Waals surface area contributed by atoms with Gasteiger partial charge in [0, 0.05) is 61.2 Å². The monoisotopic (exact) mass is 1090 g/mol. The Morgan fingerprint density at radius 1 is 0.259 bits per heavy atom. The summed E-state index contributed by atoms with van der Waals surface area (Å²) in [5.74, 6) is 0. The third-order valence-electron chi connectivity index (χ3n) is 18.5. The van der Waals surface area contributed by atoms with E-state index in [-0.39, 0.29) is 10.8 Å². The van der Waals surface area contributed by atoms with Crippen LogP contribution in [0, 0.1) is 0 Å². The van der Waals surface area contributed by atoms with Gasteiger partial charge in [0.05, 0.1) is 22.4 Å². The van der Waals surface area contributed by atoms with Crippen LogP contribution in [0.5, 0.6) is 0 Å². The minimum absolute atomic E-state index is 0.327. The predicted molar refractivity (Wildman–Crippen MR) is 357 cm³/mol. The van der Waals surface area contributed by atoms with Crippen molar-refractivity contribution in [2.45, 2.75) is 38.5 Å². The highest BCUT2D eigenvalue weighted by atomic mass is 15.1. The fraction of sp³-hybridized carbons (Fsp3) is 0.0732. The van der Waals surface area contributed by atoms with Crippen molar-refractivity contribution >= 4 is 38.9 Å². The lowest BCUT2D eigenvalue weighted by Gasteiger charge is -2.30. The van der Waals surface area contributed by atoms with Crippen molar-refractivity contribution in [2.24, 2.45) is 0 Å². The van der Waals surface area contributed by atoms with Gasteiger partial charge in [-0.3, -0.25) is 0 Å². The quantitative estimate of drug-likeness (QED) is 0.133. The smallest absolute Gasteiger partial charge is 0.0619 e. The molecule has 0 saturated heterocycles. The van der Waals surface area contributed by atoms with Gasteiger partial charge < -0.3 is 14.0 Å². The Hall–Kier alpha value is -10.5. The number of rotatable bonds is 10. The number of benzene rings is 12. The predicted octanol–water partition coefficient (Wildman–Crippen LogP) is 22.0. The van der Waals surface area contributed by atoms with E-state index in [9.17, 15) is 0 Å². The fourth-order valence-electron chi connectivity index (χ4n) is 14.4. The summed E-state index contributed by atoms with van der Waals surface area (Å²) >= 11 is 0. The van der Waals surface area contributed by atoms with E-state index in [0.29, 0.717) is 0 Å². The van der Waals surface area contributed by atoms with Gasteiger partial charge in [0.25, 0.3) is 0 Å². The van der Waals surface area contributed by atoms with Crippen LogP contribution in [0.2, 0.25) is 0 Å². The zero-order valence-electron chi connectivity index (χ0n) is 48.1. The van der Waals surface area contributed by atoms with E-state index in [1.165, 1.54) is 122 Å². The van der Waals surface area contributed by atoms with E-state index in [2.05, 4.69) is 339 Å². The standard InChI is InChI=1S/C82H61N3/c1-81(2)71-48-63(44-46-65(71)67-50-69-75(52-73(67)81)84(60-36-22-10-23-37-60)79(58-32-18-8-19-33-58)77(69)56-28-14-6-15-29-56)83(62-42-40-55(41-43-62)54-26-12-5-13-27-54)64-45-47-66-68-51-70-76(53-74(68)82(3,4)72(66)49-64)85(61-38-24-11-25-39-61)80(59-34-20-9-21-35-59)78(70)57-30-16-7-17-31-57/h5-53H,1-4H3. The average molecular weight is 1090 g/mol. The number of hydrogen-bond donors (Lipinski definition) is 0. The Labute approximate surface area is 497 Å². The molecule has 2 heterocycles. The van der Waals surface area contributed by atoms with Crippen molar-refractivity contribution in [3.05, 3.63) is 320 Å². The van der Waals surface area contributed by atoms with E-state index < -0.39 is 0 Å². The number of fused-ring (bicyclic) bond motifs is 8. The van der Waals surface area contributed by atoms with Crippen LogP contribution < -0.4 is 4.90 Å². The van der Waals surface area contributed by atoms with Crippen molar-refractivity contribution in [2.75, 3.05) is 4.90 Å². The number of aromatic nitrogens is 2. The van der Waals surface area contributed by atoms with Crippen LogP contribution in [0.1, 0.15) is 49.9 Å². The lowest BCUT2D eigenvalue weighted by Crippen LogP contribution is -2.18. The Balaban J connectivity index is 0.877. The van der Waals surface area contributed by atoms with Crippen molar-refractivity contribution in [3.63, 3.8) is 0 Å². The van der Waals surface area contributed by atoms with Crippen molar-refractivity contribution in [1.29, 1.82) is 0 Å². The first kappa shape index (κ1) is 50.3. The molecule has 0 atom stereocenters. The molecule has 0 radical (unpaired) electrons. The Morgan fingerprint density at radius 2 is 0.565 bits per heavy atom. The molecule has 2 aliphatic rings. The molecule has 0 amide bonds. The normalized spacial score (nSPS) is 13.4. The van der Waals surface area contributed by atoms with Crippen LogP contribution in [0.15, 0.2) is 297 Å². The highest BCUT2D eigenvalue weighted by Crippen LogP contribution is 2.57. The molecule has 16 rings (SSSR count). The lowest BCUT2D eigenvalue weighted by atomic mass is 9.81. The van der Waals surface area contributed by atoms with Crippen LogP contribution >= 0.6 is 0 Å². The molecule has 0 saturated carbocycles. The van der Waals surface area contributed by atoms with E-state index in [0.717, 1.165) is 28.4 Å². The van der Waals surface area contributed by atoms with Gasteiger partial charge in [0.1, 0.15) is 0 Å². The number of nitrogens with zero attached hydrogens (tertiary/aromatic N) is 3. The van der Waals surface area contributed by atoms with Gasteiger partial charge in [-0.05, 0) is 163 Å². The molecule has 404 valence electrons. The number of anilines is 3. The zero-order valence-corrected chi connectivity index (χ0v) is 48.1. The summed E-state index contributed by atoms with van der Waals surface area (Å²) in [6, 6.07) is 110. The van der Waals surface area contributed by atoms with Crippen LogP contribution in [0.4, 0.5) is 17.1 Å². The topological polar surface area (TPSA) is 13.1 Å². The summed E-state index contributed by atoms with van der Waals surface area (Å²) in [5.41, 5.74) is 29.9. The van der Waals surface area contributed by atoms with E-state index in [4.69, 9.17) is 0 Å². The highest BCUT2D eigenvalue weighted by molar-refractivity contribution is 6.10. The third kappa shape index (κ3) is 7.95. The summed E-state index contributed by atoms with van der Waals surface area (Å²) in [7, 11) is 0. The Kier molecular flexibility index (Phi) is 11.6. The summed E-state index contributed by atoms with van der Waals surface area (Å²) in [5, 5.41) is 2.48. The SMILES string of the molecule is CC1(C)c2cc(N(c3ccc(-c4ccccc4)cc3)c3ccc4c(c3)C(C)(C)c3cc5c(cc3-4)c(-c3ccccc3)c(-c3ccccc3)n5-c3ccccc3)ccc2-c2cc3c(-c4ccccc4)c(-c4ccccc4)n(-c4ccccc4)c3cc21. The molecule has 0 unspecified atom stereocenters. The minimum atomic E-state index is -0.327. The van der Waals surface area contributed by atoms with Crippen LogP contribution in [-0.4, -0.2) is 9.13 Å². The second-order valence-electron chi connectivity index (χ2n) is 24.0. The molecule has 0 fully saturated rings. The molecule has 2 aromatic heterocycles. The van der Waals surface area contributed by atoms with Crippen molar-refractivity contribution < 1.29 is 0 Å². The van der Waals surface area contributed by atoms with E-state index in [1.54, 1.807) is 0 Å². The lowest BCUT2D eigenvalue weighted by molar-refractivity contribution is 0.660. The highest BCUT2D eigenvalue weighted by Gasteiger charge is 2.40. The Morgan fingerprint density at radius 3 is 0.941 bits per heavy atom. The molecular weight excluding hydrogens is 1030 g/mol. The molecule has 85 heavy (non-hydrogen) atoms. The van der Waals surface area contributed by atoms with E-state index >= 15 is 0 Å². The van der Waals surface area contributed by atoms with Crippen LogP contribution in [0.3, 0.4) is 0 Å². The van der Waals surface area contributed by atoms with Gasteiger partial charge in [-0.15, -0.1) is 0 Å². The number of para-hydroxylation sites is 2. The minimum Gasteiger partial charge on any atom is -0.310 e. The van der Waals surface area contributed by atoms with Gasteiger partial charge in [-0.25, -0.2) is 0 Å². The maximum absolute atomic E-state index is 2.51. The third-order valence-corrected chi connectivity index (χ3v) is 18.5. The summed E-state index contributed by atoms with van der Waals surface area (Å²) in [4.78, 5) is 2.49. The second-order valence-corrected chi connectivity index (χ2v) is 24.0. The largest absolute Gasteiger partial charge is 0.310 e. The molecule has 3 nitrogen and oxygen atoms in total. The molecule has 12 aromatic carbocycles. The maximum Gasteiger partial charge on any atom is 0.0619 e. The fourth-order valence-corrected chi connectivity index (χ4v) is 14.4. The molecule has 0 N–H and O–H groups in total. The molecule has 0 bridgehead atoms. The second kappa shape index (κ2) is 19.6. The summed E-state index contributed by atoms with van der Waals surface area (Å²) < 4.78 is 5.00. The molecule has 2 aliphatic carbocycles. The molecule has 3 heteroatoms. The first-order valence-electron chi connectivity index (χ1n) is 29.7. The van der Waals surface area contributed by atoms with Crippen molar-refractivity contribution in [3.8, 4) is 89.5 Å². The van der Waals surface area contributed by atoms with Gasteiger partial charge in [-0.2, -0.15) is 0 Å². The average Bonchev–Trinajstić information content (AvgIpc) is 1.88. The molecule has 0 aliphatic heterocycles. The molecule has 14 aromatic rings. The van der Waals surface area contributed by atoms with Crippen molar-refractivity contribution in [1.82, 2.24) is 9.13 Å². The first-order chi connectivity index (χ1) is 41.7. The molecular formula is C82H61N3. The summed E-state index contributed by atoms with van der Waals surface area (Å²) in [6.07, 6.45) is 0. The summed E-state index contributed by atoms with van der Waals surface area (Å²) in [6.45, 7) is 9.69. The van der Waals surface area contributed by atoms with Crippen LogP contribution in [-0.2, 0) is 10.8 Å². The van der Waals surface area contributed by atoms with Gasteiger partial charge in [0.15, 0.2) is 0 Å². The maximum atomic E-state index is 2.51. The van der Waals surface area contributed by atoms with E-state index in [1.807, 2.05) is 0 Å². The zero-order chi connectivity index (χ0) is 57.0. The van der Waals surface area contributed by atoms with Gasteiger partial charge in [-0.1, -0.05) is 240 Å². The molecule has 0 spiro atoms. The van der Waals surface area contributed by atoms with Gasteiger partial charge in [0.2, 0.25) is 0 Å². The Bertz CT molecular complexity index is 4590. The first-order valence-corrected chi connectivity index (χ1v) is 29.7. The number of hydrogen-bond acceptors (Lipinski definition) is 1. The van der Waals surface area contributed by atoms with Gasteiger partial charge >= 0.3 is 0 Å².